The van der Waals surface area contributed by atoms with E-state index in [1.165, 1.54) is 24.3 Å². The van der Waals surface area contributed by atoms with Crippen LogP contribution < -0.4 is 5.32 Å². The van der Waals surface area contributed by atoms with Gasteiger partial charge in [-0.25, -0.2) is 4.39 Å². The number of carbonyl (C=O) groups excluding carboxylic acids is 1. The highest BCUT2D eigenvalue weighted by Crippen LogP contribution is 2.28. The summed E-state index contributed by atoms with van der Waals surface area (Å²) in [5, 5.41) is 11.7. The third kappa shape index (κ3) is 4.85. The van der Waals surface area contributed by atoms with E-state index >= 15 is 0 Å². The molecule has 0 radical (unpaired) electrons. The first kappa shape index (κ1) is 15.5. The summed E-state index contributed by atoms with van der Waals surface area (Å²) in [5.41, 5.74) is 0.610. The normalized spacial score (nSPS) is 16.6. The lowest BCUT2D eigenvalue weighted by Crippen LogP contribution is -2.31. The predicted octanol–water partition coefficient (Wildman–Crippen LogP) is 3.04. The van der Waals surface area contributed by atoms with Gasteiger partial charge in [-0.2, -0.15) is 0 Å². The van der Waals surface area contributed by atoms with Crippen molar-refractivity contribution in [1.29, 1.82) is 0 Å². The number of benzene rings is 1. The van der Waals surface area contributed by atoms with Crippen LogP contribution in [0.25, 0.3) is 0 Å². The average molecular weight is 293 g/mol. The molecular weight excluding hydrogens is 273 g/mol. The highest BCUT2D eigenvalue weighted by molar-refractivity contribution is 5.78. The van der Waals surface area contributed by atoms with Gasteiger partial charge in [0.25, 0.3) is 0 Å². The summed E-state index contributed by atoms with van der Waals surface area (Å²) in [6.07, 6.45) is 4.68. The number of aliphatic carboxylic acids is 1. The third-order valence-corrected chi connectivity index (χ3v) is 3.94. The van der Waals surface area contributed by atoms with E-state index < -0.39 is 12.0 Å². The SMILES string of the molecule is O=C(O)CC(NC(=O)CC1CCCC1)c1ccc(F)cc1. The minimum absolute atomic E-state index is 0.127. The number of amides is 1. The number of carboxylic acid groups (broad SMARTS) is 1. The second-order valence-corrected chi connectivity index (χ2v) is 5.62. The van der Waals surface area contributed by atoms with E-state index in [-0.39, 0.29) is 18.1 Å². The van der Waals surface area contributed by atoms with Gasteiger partial charge in [0.1, 0.15) is 5.82 Å². The number of halogens is 1. The summed E-state index contributed by atoms with van der Waals surface area (Å²) < 4.78 is 12.9. The van der Waals surface area contributed by atoms with Crippen LogP contribution in [-0.2, 0) is 9.59 Å². The van der Waals surface area contributed by atoms with Crippen LogP contribution in [0.4, 0.5) is 4.39 Å². The Kier molecular flexibility index (Phi) is 5.31. The summed E-state index contributed by atoms with van der Waals surface area (Å²) in [5.74, 6) is -1.10. The van der Waals surface area contributed by atoms with Crippen molar-refractivity contribution >= 4 is 11.9 Å². The van der Waals surface area contributed by atoms with Crippen molar-refractivity contribution in [2.45, 2.75) is 44.6 Å². The Morgan fingerprint density at radius 3 is 2.43 bits per heavy atom. The molecule has 2 rings (SSSR count). The van der Waals surface area contributed by atoms with Gasteiger partial charge in [-0.3, -0.25) is 9.59 Å². The van der Waals surface area contributed by atoms with Crippen molar-refractivity contribution in [2.24, 2.45) is 5.92 Å². The smallest absolute Gasteiger partial charge is 0.305 e. The van der Waals surface area contributed by atoms with Crippen molar-refractivity contribution in [3.63, 3.8) is 0 Å². The minimum atomic E-state index is -0.995. The lowest BCUT2D eigenvalue weighted by molar-refractivity contribution is -0.137. The van der Waals surface area contributed by atoms with Gasteiger partial charge in [0.15, 0.2) is 0 Å². The largest absolute Gasteiger partial charge is 0.481 e. The fourth-order valence-electron chi connectivity index (χ4n) is 2.85. The number of carboxylic acids is 1. The Labute approximate surface area is 123 Å². The molecule has 0 heterocycles. The molecule has 114 valence electrons. The number of hydrogen-bond acceptors (Lipinski definition) is 2. The quantitative estimate of drug-likeness (QED) is 0.847. The number of rotatable bonds is 6. The summed E-state index contributed by atoms with van der Waals surface area (Å²) in [6, 6.07) is 4.95. The Bertz CT molecular complexity index is 495. The first-order valence-corrected chi connectivity index (χ1v) is 7.31. The molecule has 0 bridgehead atoms. The van der Waals surface area contributed by atoms with Crippen LogP contribution in [0.1, 0.15) is 50.1 Å². The molecule has 4 nitrogen and oxygen atoms in total. The van der Waals surface area contributed by atoms with Gasteiger partial charge in [-0.15, -0.1) is 0 Å². The van der Waals surface area contributed by atoms with Crippen molar-refractivity contribution in [1.82, 2.24) is 5.32 Å². The topological polar surface area (TPSA) is 66.4 Å². The molecule has 0 saturated heterocycles. The molecule has 5 heteroatoms. The summed E-state index contributed by atoms with van der Waals surface area (Å²) >= 11 is 0. The van der Waals surface area contributed by atoms with E-state index in [1.54, 1.807) is 0 Å². The van der Waals surface area contributed by atoms with E-state index in [0.29, 0.717) is 17.9 Å². The van der Waals surface area contributed by atoms with Crippen molar-refractivity contribution in [2.75, 3.05) is 0 Å². The second-order valence-electron chi connectivity index (χ2n) is 5.62. The molecule has 1 aliphatic carbocycles. The number of nitrogens with one attached hydrogen (secondary N) is 1. The van der Waals surface area contributed by atoms with Crippen LogP contribution in [0.15, 0.2) is 24.3 Å². The van der Waals surface area contributed by atoms with E-state index in [4.69, 9.17) is 5.11 Å². The van der Waals surface area contributed by atoms with E-state index in [9.17, 15) is 14.0 Å². The molecular formula is C16H20FNO3. The molecule has 1 aliphatic rings. The van der Waals surface area contributed by atoms with Gasteiger partial charge in [-0.1, -0.05) is 25.0 Å². The average Bonchev–Trinajstić information content (AvgIpc) is 2.91. The molecule has 1 atom stereocenters. The van der Waals surface area contributed by atoms with E-state index in [2.05, 4.69) is 5.32 Å². The number of carbonyl (C=O) groups is 2. The van der Waals surface area contributed by atoms with Gasteiger partial charge < -0.3 is 10.4 Å². The molecule has 1 aromatic carbocycles. The lowest BCUT2D eigenvalue weighted by atomic mass is 10.0. The molecule has 1 unspecified atom stereocenters. The van der Waals surface area contributed by atoms with Gasteiger partial charge in [0, 0.05) is 6.42 Å². The maximum Gasteiger partial charge on any atom is 0.305 e. The molecule has 1 aromatic rings. The minimum Gasteiger partial charge on any atom is -0.481 e. The maximum atomic E-state index is 12.9. The lowest BCUT2D eigenvalue weighted by Gasteiger charge is -2.19. The molecule has 0 aromatic heterocycles. The van der Waals surface area contributed by atoms with Crippen LogP contribution in [0.3, 0.4) is 0 Å². The fourth-order valence-corrected chi connectivity index (χ4v) is 2.85. The standard InChI is InChI=1S/C16H20FNO3/c17-13-7-5-12(6-8-13)14(10-16(20)21)18-15(19)9-11-3-1-2-4-11/h5-8,11,14H,1-4,9-10H2,(H,18,19)(H,20,21). The first-order valence-electron chi connectivity index (χ1n) is 7.31. The Hall–Kier alpha value is -1.91. The fraction of sp³-hybridized carbons (Fsp3) is 0.500. The Balaban J connectivity index is 1.99. The first-order chi connectivity index (χ1) is 10.0. The zero-order valence-electron chi connectivity index (χ0n) is 11.8. The molecule has 1 saturated carbocycles. The van der Waals surface area contributed by atoms with Crippen LogP contribution in [-0.4, -0.2) is 17.0 Å². The van der Waals surface area contributed by atoms with Gasteiger partial charge in [0.05, 0.1) is 12.5 Å². The summed E-state index contributed by atoms with van der Waals surface area (Å²) in [4.78, 5) is 23.0. The molecule has 0 aliphatic heterocycles. The third-order valence-electron chi connectivity index (χ3n) is 3.94. The molecule has 21 heavy (non-hydrogen) atoms. The predicted molar refractivity (Wildman–Crippen MR) is 76.1 cm³/mol. The van der Waals surface area contributed by atoms with Gasteiger partial charge in [0.2, 0.25) is 5.91 Å². The van der Waals surface area contributed by atoms with Crippen molar-refractivity contribution in [3.05, 3.63) is 35.6 Å². The zero-order chi connectivity index (χ0) is 15.2. The summed E-state index contributed by atoms with van der Waals surface area (Å²) in [7, 11) is 0. The molecule has 0 spiro atoms. The maximum absolute atomic E-state index is 12.9. The summed E-state index contributed by atoms with van der Waals surface area (Å²) in [6.45, 7) is 0. The Morgan fingerprint density at radius 1 is 1.24 bits per heavy atom. The van der Waals surface area contributed by atoms with Crippen LogP contribution in [0.5, 0.6) is 0 Å². The van der Waals surface area contributed by atoms with Gasteiger partial charge >= 0.3 is 5.97 Å². The van der Waals surface area contributed by atoms with E-state index in [1.807, 2.05) is 0 Å². The zero-order valence-corrected chi connectivity index (χ0v) is 11.8. The van der Waals surface area contributed by atoms with E-state index in [0.717, 1.165) is 25.7 Å². The monoisotopic (exact) mass is 293 g/mol. The van der Waals surface area contributed by atoms with Crippen LogP contribution in [0, 0.1) is 11.7 Å². The highest BCUT2D eigenvalue weighted by atomic mass is 19.1. The molecule has 1 fully saturated rings. The second kappa shape index (κ2) is 7.20. The Morgan fingerprint density at radius 2 is 1.86 bits per heavy atom. The number of hydrogen-bond donors (Lipinski definition) is 2. The molecule has 2 N–H and O–H groups in total. The van der Waals surface area contributed by atoms with Gasteiger partial charge in [-0.05, 0) is 36.5 Å². The van der Waals surface area contributed by atoms with Crippen molar-refractivity contribution < 1.29 is 19.1 Å². The highest BCUT2D eigenvalue weighted by Gasteiger charge is 2.22. The molecule has 1 amide bonds. The van der Waals surface area contributed by atoms with Crippen LogP contribution in [0.2, 0.25) is 0 Å². The van der Waals surface area contributed by atoms with Crippen LogP contribution >= 0.6 is 0 Å². The van der Waals surface area contributed by atoms with Crippen molar-refractivity contribution in [3.8, 4) is 0 Å².